The molecule has 1 fully saturated rings. The summed E-state index contributed by atoms with van der Waals surface area (Å²) in [6.45, 7) is 4.87. The van der Waals surface area contributed by atoms with Crippen molar-refractivity contribution < 1.29 is 14.3 Å². The highest BCUT2D eigenvalue weighted by Crippen LogP contribution is 2.65. The van der Waals surface area contributed by atoms with Crippen LogP contribution < -0.4 is 0 Å². The number of Topliss-reactive ketones (excluding diaryl/α,β-unsaturated/α-hetero) is 1. The van der Waals surface area contributed by atoms with Crippen LogP contribution in [0.15, 0.2) is 30.3 Å². The van der Waals surface area contributed by atoms with E-state index in [1.807, 2.05) is 36.4 Å². The molecule has 1 aromatic carbocycles. The van der Waals surface area contributed by atoms with E-state index in [9.17, 15) is 14.9 Å². The Labute approximate surface area is 118 Å². The van der Waals surface area contributed by atoms with Crippen molar-refractivity contribution in [2.24, 2.45) is 11.3 Å². The minimum atomic E-state index is -1.36. The van der Waals surface area contributed by atoms with Crippen molar-refractivity contribution in [2.75, 3.05) is 0 Å². The summed E-state index contributed by atoms with van der Waals surface area (Å²) >= 11 is 0. The van der Waals surface area contributed by atoms with Gasteiger partial charge in [-0.15, -0.1) is 0 Å². The van der Waals surface area contributed by atoms with Crippen LogP contribution in [0, 0.1) is 22.7 Å². The number of rotatable bonds is 4. The van der Waals surface area contributed by atoms with Crippen LogP contribution in [0.5, 0.6) is 0 Å². The van der Waals surface area contributed by atoms with E-state index in [-0.39, 0.29) is 11.9 Å². The molecule has 1 aliphatic carbocycles. The maximum absolute atomic E-state index is 12.3. The average molecular weight is 271 g/mol. The maximum atomic E-state index is 12.3. The number of ether oxygens (including phenoxy) is 1. The second-order valence-electron chi connectivity index (χ2n) is 5.41. The fourth-order valence-corrected chi connectivity index (χ4v) is 2.81. The van der Waals surface area contributed by atoms with Crippen molar-refractivity contribution in [1.29, 1.82) is 5.26 Å². The van der Waals surface area contributed by atoms with Gasteiger partial charge >= 0.3 is 5.97 Å². The Morgan fingerprint density at radius 3 is 2.35 bits per heavy atom. The molecule has 0 bridgehead atoms. The molecule has 4 nitrogen and oxygen atoms in total. The first-order valence-corrected chi connectivity index (χ1v) is 6.63. The van der Waals surface area contributed by atoms with Gasteiger partial charge in [-0.3, -0.25) is 9.59 Å². The standard InChI is InChI=1S/C16H17NO3/c1-10(2)20-15(19)16(9-17)13(11(3)18)14(16)12-7-5-4-6-8-12/h4-8,10,13-14H,1-3H3/t13-,14+,16+/m0/s1. The third-order valence-electron chi connectivity index (χ3n) is 3.67. The van der Waals surface area contributed by atoms with Crippen molar-refractivity contribution in [2.45, 2.75) is 32.8 Å². The number of benzene rings is 1. The molecule has 0 heterocycles. The molecule has 1 aromatic rings. The van der Waals surface area contributed by atoms with Crippen molar-refractivity contribution in [1.82, 2.24) is 0 Å². The van der Waals surface area contributed by atoms with Crippen LogP contribution in [0.3, 0.4) is 0 Å². The number of ketones is 1. The second kappa shape index (κ2) is 5.09. The SMILES string of the molecule is CC(=O)[C@H]1[C@@H](c2ccccc2)[C@]1(C#N)C(=O)OC(C)C. The van der Waals surface area contributed by atoms with Gasteiger partial charge in [-0.1, -0.05) is 30.3 Å². The number of carbonyl (C=O) groups excluding carboxylic acids is 2. The van der Waals surface area contributed by atoms with Crippen LogP contribution in [0.1, 0.15) is 32.3 Å². The molecule has 2 rings (SSSR count). The van der Waals surface area contributed by atoms with E-state index in [0.29, 0.717) is 0 Å². The van der Waals surface area contributed by atoms with E-state index in [4.69, 9.17) is 4.74 Å². The van der Waals surface area contributed by atoms with Gasteiger partial charge in [0.15, 0.2) is 5.41 Å². The van der Waals surface area contributed by atoms with E-state index < -0.39 is 23.2 Å². The van der Waals surface area contributed by atoms with Gasteiger partial charge in [-0.05, 0) is 26.3 Å². The number of hydrogen-bond acceptors (Lipinski definition) is 4. The lowest BCUT2D eigenvalue weighted by Crippen LogP contribution is -2.25. The summed E-state index contributed by atoms with van der Waals surface area (Å²) in [6, 6.07) is 11.2. The molecule has 104 valence electrons. The van der Waals surface area contributed by atoms with Crippen LogP contribution >= 0.6 is 0 Å². The van der Waals surface area contributed by atoms with Crippen molar-refractivity contribution >= 4 is 11.8 Å². The average Bonchev–Trinajstić information content (AvgIpc) is 3.09. The topological polar surface area (TPSA) is 67.2 Å². The molecule has 0 unspecified atom stereocenters. The first kappa shape index (κ1) is 14.3. The zero-order valence-corrected chi connectivity index (χ0v) is 11.8. The maximum Gasteiger partial charge on any atom is 0.328 e. The van der Waals surface area contributed by atoms with Crippen LogP contribution in [0.4, 0.5) is 0 Å². The van der Waals surface area contributed by atoms with Crippen molar-refractivity contribution in [3.8, 4) is 6.07 Å². The molecule has 0 N–H and O–H groups in total. The molecule has 1 aliphatic rings. The molecule has 3 atom stereocenters. The molecule has 0 aromatic heterocycles. The number of nitriles is 1. The Hall–Kier alpha value is -2.15. The predicted octanol–water partition coefficient (Wildman–Crippen LogP) is 2.45. The van der Waals surface area contributed by atoms with Gasteiger partial charge in [-0.25, -0.2) is 0 Å². The highest BCUT2D eigenvalue weighted by Gasteiger charge is 2.74. The zero-order chi connectivity index (χ0) is 14.9. The van der Waals surface area contributed by atoms with E-state index >= 15 is 0 Å². The van der Waals surface area contributed by atoms with Gasteiger partial charge in [0, 0.05) is 5.92 Å². The lowest BCUT2D eigenvalue weighted by Gasteiger charge is -2.12. The van der Waals surface area contributed by atoms with Gasteiger partial charge in [0.2, 0.25) is 0 Å². The van der Waals surface area contributed by atoms with Crippen LogP contribution in [0.25, 0.3) is 0 Å². The normalized spacial score (nSPS) is 27.8. The largest absolute Gasteiger partial charge is 0.462 e. The van der Waals surface area contributed by atoms with Crippen LogP contribution in [-0.4, -0.2) is 17.9 Å². The molecule has 0 amide bonds. The van der Waals surface area contributed by atoms with Crippen molar-refractivity contribution in [3.63, 3.8) is 0 Å². The summed E-state index contributed by atoms with van der Waals surface area (Å²) in [5.74, 6) is -1.76. The number of hydrogen-bond donors (Lipinski definition) is 0. The molecule has 0 radical (unpaired) electrons. The van der Waals surface area contributed by atoms with Gasteiger partial charge in [0.25, 0.3) is 0 Å². The molecule has 1 saturated carbocycles. The highest BCUT2D eigenvalue weighted by molar-refractivity contribution is 5.98. The predicted molar refractivity (Wildman–Crippen MR) is 72.6 cm³/mol. The van der Waals surface area contributed by atoms with Gasteiger partial charge in [0.05, 0.1) is 18.1 Å². The summed E-state index contributed by atoms with van der Waals surface area (Å²) in [4.78, 5) is 24.1. The molecule has 4 heteroatoms. The fourth-order valence-electron chi connectivity index (χ4n) is 2.81. The second-order valence-corrected chi connectivity index (χ2v) is 5.41. The zero-order valence-electron chi connectivity index (χ0n) is 11.8. The number of carbonyl (C=O) groups is 2. The highest BCUT2D eigenvalue weighted by atomic mass is 16.5. The Balaban J connectivity index is 2.39. The molecule has 0 aliphatic heterocycles. The number of esters is 1. The molecular weight excluding hydrogens is 254 g/mol. The minimum absolute atomic E-state index is 0.152. The number of nitrogens with zero attached hydrogens (tertiary/aromatic N) is 1. The summed E-state index contributed by atoms with van der Waals surface area (Å²) in [5.41, 5.74) is -0.535. The minimum Gasteiger partial charge on any atom is -0.462 e. The van der Waals surface area contributed by atoms with E-state index in [1.54, 1.807) is 13.8 Å². The molecule has 0 saturated heterocycles. The third-order valence-corrected chi connectivity index (χ3v) is 3.67. The molecule has 20 heavy (non-hydrogen) atoms. The van der Waals surface area contributed by atoms with Gasteiger partial charge in [0.1, 0.15) is 5.78 Å². The third kappa shape index (κ3) is 2.09. The molecule has 0 spiro atoms. The van der Waals surface area contributed by atoms with Gasteiger partial charge in [-0.2, -0.15) is 5.26 Å². The summed E-state index contributed by atoms with van der Waals surface area (Å²) in [5, 5.41) is 9.49. The van der Waals surface area contributed by atoms with E-state index in [0.717, 1.165) is 5.56 Å². The monoisotopic (exact) mass is 271 g/mol. The Kier molecular flexibility index (Phi) is 3.63. The lowest BCUT2D eigenvalue weighted by molar-refractivity contribution is -0.153. The fraction of sp³-hybridized carbons (Fsp3) is 0.438. The smallest absolute Gasteiger partial charge is 0.328 e. The summed E-state index contributed by atoms with van der Waals surface area (Å²) < 4.78 is 5.19. The van der Waals surface area contributed by atoms with Crippen LogP contribution in [-0.2, 0) is 14.3 Å². The first-order chi connectivity index (χ1) is 9.45. The van der Waals surface area contributed by atoms with Gasteiger partial charge < -0.3 is 4.74 Å². The quantitative estimate of drug-likeness (QED) is 0.789. The Bertz CT molecular complexity index is 573. The summed E-state index contributed by atoms with van der Waals surface area (Å²) in [6.07, 6.45) is -0.308. The van der Waals surface area contributed by atoms with Crippen molar-refractivity contribution in [3.05, 3.63) is 35.9 Å². The van der Waals surface area contributed by atoms with Crippen LogP contribution in [0.2, 0.25) is 0 Å². The van der Waals surface area contributed by atoms with E-state index in [2.05, 4.69) is 0 Å². The Morgan fingerprint density at radius 1 is 1.30 bits per heavy atom. The summed E-state index contributed by atoms with van der Waals surface area (Å²) in [7, 11) is 0. The lowest BCUT2D eigenvalue weighted by atomic mass is 10.0. The van der Waals surface area contributed by atoms with E-state index in [1.165, 1.54) is 6.92 Å². The Morgan fingerprint density at radius 2 is 1.90 bits per heavy atom. The first-order valence-electron chi connectivity index (χ1n) is 6.63. The molecular formula is C16H17NO3.